The third kappa shape index (κ3) is 4.45. The molecule has 0 saturated heterocycles. The molecule has 0 spiro atoms. The van der Waals surface area contributed by atoms with Gasteiger partial charge in [-0.1, -0.05) is 140 Å². The minimum absolute atomic E-state index is 0.00296. The molecule has 4 aromatic carbocycles. The SMILES string of the molecule is CC12C=CC=CC1c1cccc3c1C(=C2)C1=CC2C(C4C=NC=CN4)=c4c(-c5ccccc5)ccc(-c5ccccc5)c4=C(c4cnccn4)C2C=C13. The zero-order valence-corrected chi connectivity index (χ0v) is 29.3. The zero-order chi connectivity index (χ0) is 35.1. The van der Waals surface area contributed by atoms with Crippen LogP contribution in [0.1, 0.15) is 35.2 Å². The molecule has 0 saturated carbocycles. The van der Waals surface area contributed by atoms with Crippen LogP contribution in [0, 0.1) is 17.3 Å². The van der Waals surface area contributed by atoms with Crippen LogP contribution in [-0.4, -0.2) is 22.2 Å². The fraction of sp³-hybridized carbons (Fsp3) is 0.122. The molecule has 5 aliphatic carbocycles. The molecule has 11 rings (SSSR count). The topological polar surface area (TPSA) is 50.2 Å². The Labute approximate surface area is 309 Å². The number of nitrogens with zero attached hydrogens (tertiary/aromatic N) is 3. The average Bonchev–Trinajstić information content (AvgIpc) is 3.52. The van der Waals surface area contributed by atoms with E-state index in [1.54, 1.807) is 6.20 Å². The largest absolute Gasteiger partial charge is 0.378 e. The summed E-state index contributed by atoms with van der Waals surface area (Å²) in [5.74, 6) is 0.323. The number of aliphatic imine (C=N–C) groups is 1. The number of benzene rings is 4. The smallest absolute Gasteiger partial charge is 0.0857 e. The van der Waals surface area contributed by atoms with Crippen molar-refractivity contribution in [2.24, 2.45) is 22.2 Å². The van der Waals surface area contributed by atoms with Gasteiger partial charge in [-0.05, 0) is 77.2 Å². The first-order valence-corrected chi connectivity index (χ1v) is 18.6. The van der Waals surface area contributed by atoms with Crippen molar-refractivity contribution in [2.75, 3.05) is 0 Å². The van der Waals surface area contributed by atoms with E-state index < -0.39 is 0 Å². The highest BCUT2D eigenvalue weighted by Gasteiger charge is 2.46. The lowest BCUT2D eigenvalue weighted by atomic mass is 9.64. The summed E-state index contributed by atoms with van der Waals surface area (Å²) in [6.45, 7) is 2.38. The van der Waals surface area contributed by atoms with E-state index in [9.17, 15) is 0 Å². The number of allylic oxidation sites excluding steroid dienone is 10. The minimum Gasteiger partial charge on any atom is -0.378 e. The standard InChI is InChI=1S/C49H36N4/c1-49-20-9-8-17-41(49)35-16-10-15-34-36-25-38-39(26-37(36)40(27-49)44(34)35)46(43-29-51-22-24-53-43)48-33(31-13-6-3-7-14-31)19-18-32(30-11-4-2-5-12-30)47(48)45(38)42-28-50-21-23-52-42/h2-29,38-39,41,43,53H,1H3. The maximum Gasteiger partial charge on any atom is 0.0857 e. The van der Waals surface area contributed by atoms with E-state index in [0.717, 1.165) is 5.69 Å². The molecule has 252 valence electrons. The monoisotopic (exact) mass is 680 g/mol. The molecule has 0 fully saturated rings. The highest BCUT2D eigenvalue weighted by atomic mass is 14.9. The van der Waals surface area contributed by atoms with Crippen molar-refractivity contribution in [2.45, 2.75) is 18.9 Å². The molecule has 1 N–H and O–H groups in total. The van der Waals surface area contributed by atoms with Crippen LogP contribution in [0.3, 0.4) is 0 Å². The predicted octanol–water partition coefficient (Wildman–Crippen LogP) is 8.57. The molecule has 1 aromatic heterocycles. The van der Waals surface area contributed by atoms with E-state index in [4.69, 9.17) is 9.98 Å². The van der Waals surface area contributed by atoms with Crippen molar-refractivity contribution in [1.82, 2.24) is 15.3 Å². The number of hydrogen-bond donors (Lipinski definition) is 1. The molecular formula is C49H36N4. The van der Waals surface area contributed by atoms with Crippen molar-refractivity contribution in [1.29, 1.82) is 0 Å². The second kappa shape index (κ2) is 11.6. The molecule has 5 aromatic rings. The number of rotatable bonds is 4. The van der Waals surface area contributed by atoms with Crippen LogP contribution in [0.5, 0.6) is 0 Å². The maximum absolute atomic E-state index is 5.07. The Morgan fingerprint density at radius 3 is 2.21 bits per heavy atom. The fourth-order valence-electron chi connectivity index (χ4n) is 9.91. The van der Waals surface area contributed by atoms with Crippen molar-refractivity contribution < 1.29 is 0 Å². The summed E-state index contributed by atoms with van der Waals surface area (Å²) in [6.07, 6.45) is 28.4. The van der Waals surface area contributed by atoms with Gasteiger partial charge >= 0.3 is 0 Å². The molecule has 53 heavy (non-hydrogen) atoms. The van der Waals surface area contributed by atoms with Gasteiger partial charge in [-0.2, -0.15) is 0 Å². The number of hydrogen-bond acceptors (Lipinski definition) is 4. The van der Waals surface area contributed by atoms with Crippen LogP contribution in [0.2, 0.25) is 0 Å². The van der Waals surface area contributed by atoms with Gasteiger partial charge in [0.2, 0.25) is 0 Å². The van der Waals surface area contributed by atoms with Crippen molar-refractivity contribution >= 4 is 28.5 Å². The first-order chi connectivity index (χ1) is 26.2. The highest BCUT2D eigenvalue weighted by molar-refractivity contribution is 6.11. The Bertz CT molecular complexity index is 2710. The predicted molar refractivity (Wildman–Crippen MR) is 216 cm³/mol. The normalized spacial score (nSPS) is 25.3. The van der Waals surface area contributed by atoms with E-state index in [1.807, 2.05) is 24.8 Å². The quantitative estimate of drug-likeness (QED) is 0.207. The van der Waals surface area contributed by atoms with Crippen LogP contribution in [-0.2, 0) is 0 Å². The van der Waals surface area contributed by atoms with Crippen molar-refractivity contribution in [3.63, 3.8) is 0 Å². The number of aromatic nitrogens is 2. The Morgan fingerprint density at radius 1 is 0.698 bits per heavy atom. The minimum atomic E-state index is -0.108. The summed E-state index contributed by atoms with van der Waals surface area (Å²) in [5, 5.41) is 6.20. The zero-order valence-electron chi connectivity index (χ0n) is 29.3. The van der Waals surface area contributed by atoms with Crippen LogP contribution in [0.25, 0.3) is 44.5 Å². The van der Waals surface area contributed by atoms with Gasteiger partial charge in [0.15, 0.2) is 0 Å². The maximum atomic E-state index is 5.07. The van der Waals surface area contributed by atoms with Gasteiger partial charge < -0.3 is 5.32 Å². The van der Waals surface area contributed by atoms with Crippen LogP contribution in [0.4, 0.5) is 0 Å². The molecular weight excluding hydrogens is 645 g/mol. The Hall–Kier alpha value is -6.39. The summed E-state index contributed by atoms with van der Waals surface area (Å²) in [5.41, 5.74) is 16.2. The lowest BCUT2D eigenvalue weighted by Crippen LogP contribution is -2.48. The molecule has 5 atom stereocenters. The molecule has 4 heteroatoms. The molecule has 1 aliphatic heterocycles. The van der Waals surface area contributed by atoms with E-state index in [-0.39, 0.29) is 23.3 Å². The summed E-state index contributed by atoms with van der Waals surface area (Å²) in [7, 11) is 0. The van der Waals surface area contributed by atoms with E-state index >= 15 is 0 Å². The highest BCUT2D eigenvalue weighted by Crippen LogP contribution is 2.60. The Balaban J connectivity index is 1.31. The fourth-order valence-corrected chi connectivity index (χ4v) is 9.91. The Kier molecular flexibility index (Phi) is 6.60. The van der Waals surface area contributed by atoms with Gasteiger partial charge in [-0.3, -0.25) is 15.0 Å². The summed E-state index contributed by atoms with van der Waals surface area (Å²) in [4.78, 5) is 14.5. The van der Waals surface area contributed by atoms with Crippen LogP contribution >= 0.6 is 0 Å². The van der Waals surface area contributed by atoms with Gasteiger partial charge in [-0.15, -0.1) is 0 Å². The van der Waals surface area contributed by atoms with Gasteiger partial charge in [0.05, 0.1) is 17.9 Å². The van der Waals surface area contributed by atoms with Crippen molar-refractivity contribution in [3.05, 3.63) is 203 Å². The molecule has 5 unspecified atom stereocenters. The van der Waals surface area contributed by atoms with E-state index in [2.05, 4.69) is 157 Å². The molecule has 4 nitrogen and oxygen atoms in total. The van der Waals surface area contributed by atoms with Crippen LogP contribution in [0.15, 0.2) is 175 Å². The van der Waals surface area contributed by atoms with Crippen LogP contribution < -0.4 is 15.8 Å². The number of nitrogens with one attached hydrogen (secondary N) is 1. The van der Waals surface area contributed by atoms with E-state index in [1.165, 1.54) is 77.2 Å². The van der Waals surface area contributed by atoms with E-state index in [0.29, 0.717) is 5.92 Å². The lowest BCUT2D eigenvalue weighted by Gasteiger charge is -2.39. The van der Waals surface area contributed by atoms with Crippen molar-refractivity contribution in [3.8, 4) is 22.3 Å². The van der Waals surface area contributed by atoms with Gasteiger partial charge in [-0.25, -0.2) is 0 Å². The first-order valence-electron chi connectivity index (χ1n) is 18.6. The molecule has 0 amide bonds. The second-order valence-corrected chi connectivity index (χ2v) is 15.0. The molecule has 0 bridgehead atoms. The molecule has 6 aliphatic rings. The summed E-state index contributed by atoms with van der Waals surface area (Å²) < 4.78 is 0. The lowest BCUT2D eigenvalue weighted by molar-refractivity contribution is 0.479. The third-order valence-corrected chi connectivity index (χ3v) is 12.1. The third-order valence-electron chi connectivity index (χ3n) is 12.1. The number of fused-ring (bicyclic) bond motifs is 7. The molecule has 0 radical (unpaired) electrons. The Morgan fingerprint density at radius 2 is 1.47 bits per heavy atom. The summed E-state index contributed by atoms with van der Waals surface area (Å²) >= 11 is 0. The summed E-state index contributed by atoms with van der Waals surface area (Å²) in [6, 6.07) is 33.1. The van der Waals surface area contributed by atoms with Gasteiger partial charge in [0.25, 0.3) is 0 Å². The van der Waals surface area contributed by atoms with Gasteiger partial charge in [0.1, 0.15) is 0 Å². The first kappa shape index (κ1) is 30.3. The average molecular weight is 681 g/mol. The van der Waals surface area contributed by atoms with Gasteiger partial charge in [0, 0.05) is 54.2 Å². The second-order valence-electron chi connectivity index (χ2n) is 15.0. The molecule has 2 heterocycles.